The first-order valence-corrected chi connectivity index (χ1v) is 12.1. The smallest absolute Gasteiger partial charge is 0.0414 e. The van der Waals surface area contributed by atoms with E-state index in [2.05, 4.69) is 20.8 Å². The van der Waals surface area contributed by atoms with Gasteiger partial charge in [-0.05, 0) is 5.92 Å². The summed E-state index contributed by atoms with van der Waals surface area (Å²) in [5.41, 5.74) is 0. The van der Waals surface area contributed by atoms with E-state index in [0.717, 1.165) is 5.92 Å². The minimum atomic E-state index is 0.721. The largest absolute Gasteiger partial charge is 0.0654 e. The third-order valence-electron chi connectivity index (χ3n) is 5.68. The summed E-state index contributed by atoms with van der Waals surface area (Å²) in [4.78, 5) is 0. The first-order valence-electron chi connectivity index (χ1n) is 12.1. The molecule has 0 spiro atoms. The molecular weight excluding hydrogens is 300 g/mol. The molecule has 0 rings (SSSR count). The molecule has 0 bridgehead atoms. The van der Waals surface area contributed by atoms with E-state index in [1.54, 1.807) is 0 Å². The molecule has 0 aromatic carbocycles. The van der Waals surface area contributed by atoms with Crippen LogP contribution in [0, 0.1) is 12.8 Å². The van der Waals surface area contributed by atoms with E-state index < -0.39 is 0 Å². The van der Waals surface area contributed by atoms with Crippen LogP contribution in [-0.4, -0.2) is 0 Å². The molecule has 0 fully saturated rings. The molecule has 0 heterocycles. The number of hydrogen-bond acceptors (Lipinski definition) is 0. The first kappa shape index (κ1) is 25.0. The van der Waals surface area contributed by atoms with Crippen LogP contribution < -0.4 is 0 Å². The van der Waals surface area contributed by atoms with E-state index in [4.69, 9.17) is 0 Å². The lowest BCUT2D eigenvalue weighted by Crippen LogP contribution is -1.95. The maximum absolute atomic E-state index is 4.38. The zero-order chi connectivity index (χ0) is 18.4. The standard InChI is InChI=1S/C25H51/c1-4-6-8-10-12-14-15-16-18-20-22-24-25(3)23-21-19-17-13-11-9-7-5-2/h25H,3-24H2,1-2H3. The highest BCUT2D eigenvalue weighted by Crippen LogP contribution is 2.18. The van der Waals surface area contributed by atoms with E-state index in [1.165, 1.54) is 135 Å². The topological polar surface area (TPSA) is 0 Å². The van der Waals surface area contributed by atoms with Crippen molar-refractivity contribution in [2.75, 3.05) is 0 Å². The lowest BCUT2D eigenvalue weighted by molar-refractivity contribution is 0.460. The van der Waals surface area contributed by atoms with Crippen molar-refractivity contribution >= 4 is 0 Å². The SMILES string of the molecule is [CH2]C(CCCCCCCCCC)CCCCCCCCCCCCC. The van der Waals surface area contributed by atoms with Crippen LogP contribution in [0.25, 0.3) is 0 Å². The Kier molecular flexibility index (Phi) is 22.0. The summed E-state index contributed by atoms with van der Waals surface area (Å²) in [6.45, 7) is 8.97. The minimum absolute atomic E-state index is 0.721. The molecule has 0 heteroatoms. The molecule has 0 aliphatic rings. The van der Waals surface area contributed by atoms with Crippen LogP contribution in [0.3, 0.4) is 0 Å². The van der Waals surface area contributed by atoms with Gasteiger partial charge in [-0.1, -0.05) is 156 Å². The van der Waals surface area contributed by atoms with E-state index >= 15 is 0 Å². The minimum Gasteiger partial charge on any atom is -0.0654 e. The van der Waals surface area contributed by atoms with Crippen molar-refractivity contribution in [3.05, 3.63) is 6.92 Å². The highest BCUT2D eigenvalue weighted by Gasteiger charge is 2.02. The van der Waals surface area contributed by atoms with Crippen molar-refractivity contribution in [1.29, 1.82) is 0 Å². The number of rotatable bonds is 21. The Balaban J connectivity index is 3.11. The molecule has 0 aromatic rings. The van der Waals surface area contributed by atoms with E-state index in [0.29, 0.717) is 0 Å². The molecule has 0 N–H and O–H groups in total. The van der Waals surface area contributed by atoms with Gasteiger partial charge in [0.1, 0.15) is 0 Å². The van der Waals surface area contributed by atoms with E-state index in [9.17, 15) is 0 Å². The summed E-state index contributed by atoms with van der Waals surface area (Å²) in [5.74, 6) is 0.721. The Morgan fingerprint density at radius 3 is 0.920 bits per heavy atom. The van der Waals surface area contributed by atoms with Crippen LogP contribution in [0.1, 0.15) is 149 Å². The van der Waals surface area contributed by atoms with Crippen LogP contribution >= 0.6 is 0 Å². The lowest BCUT2D eigenvalue weighted by Gasteiger charge is -2.11. The fraction of sp³-hybridized carbons (Fsp3) is 0.960. The normalized spacial score (nSPS) is 12.6. The predicted molar refractivity (Wildman–Crippen MR) is 117 cm³/mol. The number of unbranched alkanes of at least 4 members (excludes halogenated alkanes) is 17. The van der Waals surface area contributed by atoms with Crippen LogP contribution in [-0.2, 0) is 0 Å². The molecule has 151 valence electrons. The lowest BCUT2D eigenvalue weighted by atomic mass is 9.95. The highest BCUT2D eigenvalue weighted by molar-refractivity contribution is 4.62. The molecule has 1 unspecified atom stereocenters. The molecule has 0 aliphatic heterocycles. The number of hydrogen-bond donors (Lipinski definition) is 0. The second-order valence-corrected chi connectivity index (χ2v) is 8.45. The van der Waals surface area contributed by atoms with Crippen molar-refractivity contribution in [3.63, 3.8) is 0 Å². The summed E-state index contributed by atoms with van der Waals surface area (Å²) in [5, 5.41) is 0. The highest BCUT2D eigenvalue weighted by atomic mass is 14.1. The predicted octanol–water partition coefficient (Wildman–Crippen LogP) is 9.67. The third kappa shape index (κ3) is 22.0. The average Bonchev–Trinajstić information content (AvgIpc) is 2.62. The van der Waals surface area contributed by atoms with Gasteiger partial charge >= 0.3 is 0 Å². The Labute approximate surface area is 161 Å². The van der Waals surface area contributed by atoms with Crippen molar-refractivity contribution in [1.82, 2.24) is 0 Å². The molecule has 25 heavy (non-hydrogen) atoms. The molecule has 0 nitrogen and oxygen atoms in total. The Bertz CT molecular complexity index is 220. The van der Waals surface area contributed by atoms with Gasteiger partial charge in [0, 0.05) is 0 Å². The van der Waals surface area contributed by atoms with Crippen molar-refractivity contribution in [2.24, 2.45) is 5.92 Å². The van der Waals surface area contributed by atoms with E-state index in [1.807, 2.05) is 0 Å². The molecule has 1 atom stereocenters. The third-order valence-corrected chi connectivity index (χ3v) is 5.68. The van der Waals surface area contributed by atoms with Crippen LogP contribution in [0.5, 0.6) is 0 Å². The van der Waals surface area contributed by atoms with Gasteiger partial charge in [-0.3, -0.25) is 0 Å². The van der Waals surface area contributed by atoms with E-state index in [-0.39, 0.29) is 0 Å². The van der Waals surface area contributed by atoms with Gasteiger partial charge in [0.2, 0.25) is 0 Å². The average molecular weight is 352 g/mol. The monoisotopic (exact) mass is 351 g/mol. The van der Waals surface area contributed by atoms with Gasteiger partial charge in [-0.25, -0.2) is 0 Å². The Morgan fingerprint density at radius 1 is 0.400 bits per heavy atom. The van der Waals surface area contributed by atoms with Gasteiger partial charge in [-0.15, -0.1) is 0 Å². The summed E-state index contributed by atoms with van der Waals surface area (Å²) >= 11 is 0. The molecule has 0 saturated heterocycles. The van der Waals surface area contributed by atoms with Gasteiger partial charge < -0.3 is 0 Å². The molecule has 0 amide bonds. The van der Waals surface area contributed by atoms with Crippen LogP contribution in [0.2, 0.25) is 0 Å². The Morgan fingerprint density at radius 2 is 0.640 bits per heavy atom. The van der Waals surface area contributed by atoms with Crippen molar-refractivity contribution in [2.45, 2.75) is 149 Å². The van der Waals surface area contributed by atoms with Crippen LogP contribution in [0.4, 0.5) is 0 Å². The van der Waals surface area contributed by atoms with Crippen molar-refractivity contribution < 1.29 is 0 Å². The van der Waals surface area contributed by atoms with Gasteiger partial charge in [0.05, 0.1) is 0 Å². The Hall–Kier alpha value is 0. The quantitative estimate of drug-likeness (QED) is 0.180. The molecule has 1 radical (unpaired) electrons. The maximum atomic E-state index is 4.38. The molecule has 0 aromatic heterocycles. The van der Waals surface area contributed by atoms with Gasteiger partial charge in [-0.2, -0.15) is 0 Å². The fourth-order valence-corrected chi connectivity index (χ4v) is 3.81. The van der Waals surface area contributed by atoms with Crippen LogP contribution in [0.15, 0.2) is 0 Å². The molecule has 0 saturated carbocycles. The molecule has 0 aliphatic carbocycles. The second kappa shape index (κ2) is 22.0. The summed E-state index contributed by atoms with van der Waals surface area (Å²) in [6.07, 6.45) is 30.1. The zero-order valence-corrected chi connectivity index (χ0v) is 18.1. The van der Waals surface area contributed by atoms with Gasteiger partial charge in [0.25, 0.3) is 0 Å². The summed E-state index contributed by atoms with van der Waals surface area (Å²) in [7, 11) is 0. The second-order valence-electron chi connectivity index (χ2n) is 8.45. The maximum Gasteiger partial charge on any atom is -0.0414 e. The zero-order valence-electron chi connectivity index (χ0n) is 18.1. The first-order chi connectivity index (χ1) is 12.3. The summed E-state index contributed by atoms with van der Waals surface area (Å²) in [6, 6.07) is 0. The fourth-order valence-electron chi connectivity index (χ4n) is 3.81. The van der Waals surface area contributed by atoms with Gasteiger partial charge in [0.15, 0.2) is 0 Å². The summed E-state index contributed by atoms with van der Waals surface area (Å²) < 4.78 is 0. The molecular formula is C25H51. The van der Waals surface area contributed by atoms with Crippen molar-refractivity contribution in [3.8, 4) is 0 Å².